The maximum atomic E-state index is 12.5. The van der Waals surface area contributed by atoms with Crippen molar-refractivity contribution in [2.45, 2.75) is 25.8 Å². The second-order valence-corrected chi connectivity index (χ2v) is 5.45. The Morgan fingerprint density at radius 1 is 1.36 bits per heavy atom. The largest absolute Gasteiger partial charge is 0.399 e. The third-order valence-electron chi connectivity index (χ3n) is 3.26. The lowest BCUT2D eigenvalue weighted by Crippen LogP contribution is -2.32. The van der Waals surface area contributed by atoms with E-state index in [2.05, 4.69) is 5.32 Å². The van der Waals surface area contributed by atoms with Gasteiger partial charge < -0.3 is 15.6 Å². The fraction of sp³-hybridized carbons (Fsp3) is 0.250. The predicted molar refractivity (Wildman–Crippen MR) is 89.1 cm³/mol. The second-order valence-electron chi connectivity index (χ2n) is 5.01. The molecular weight excluding hydrogens is 302 g/mol. The SMILES string of the molecule is CCCC(C(=O)Nc1cccc(N)c1)n1cc(Cl)ccc1=O. The molecule has 2 aromatic rings. The van der Waals surface area contributed by atoms with Gasteiger partial charge in [0.1, 0.15) is 6.04 Å². The summed E-state index contributed by atoms with van der Waals surface area (Å²) >= 11 is 5.94. The molecule has 1 amide bonds. The molecule has 1 heterocycles. The predicted octanol–water partition coefficient (Wildman–Crippen LogP) is 3.06. The van der Waals surface area contributed by atoms with E-state index in [-0.39, 0.29) is 11.5 Å². The van der Waals surface area contributed by atoms with E-state index in [0.717, 1.165) is 6.42 Å². The fourth-order valence-electron chi connectivity index (χ4n) is 2.23. The molecule has 0 fully saturated rings. The number of aromatic nitrogens is 1. The van der Waals surface area contributed by atoms with Crippen LogP contribution in [0.1, 0.15) is 25.8 Å². The van der Waals surface area contributed by atoms with Crippen LogP contribution in [0.15, 0.2) is 47.4 Å². The minimum absolute atomic E-state index is 0.259. The van der Waals surface area contributed by atoms with Crippen molar-refractivity contribution in [1.29, 1.82) is 0 Å². The summed E-state index contributed by atoms with van der Waals surface area (Å²) in [5.41, 5.74) is 6.60. The molecule has 0 saturated carbocycles. The number of pyridine rings is 1. The molecule has 0 bridgehead atoms. The molecule has 0 aliphatic rings. The Bertz CT molecular complexity index is 727. The van der Waals surface area contributed by atoms with Crippen LogP contribution >= 0.6 is 11.6 Å². The molecule has 0 aliphatic heterocycles. The molecule has 6 heteroatoms. The molecule has 22 heavy (non-hydrogen) atoms. The molecule has 0 spiro atoms. The van der Waals surface area contributed by atoms with E-state index in [0.29, 0.717) is 22.8 Å². The Morgan fingerprint density at radius 3 is 2.82 bits per heavy atom. The van der Waals surface area contributed by atoms with E-state index < -0.39 is 6.04 Å². The molecule has 3 N–H and O–H groups in total. The Balaban J connectivity index is 2.29. The zero-order chi connectivity index (χ0) is 16.1. The summed E-state index contributed by atoms with van der Waals surface area (Å²) in [6.07, 6.45) is 2.78. The fourth-order valence-corrected chi connectivity index (χ4v) is 2.40. The Hall–Kier alpha value is -2.27. The maximum Gasteiger partial charge on any atom is 0.251 e. The van der Waals surface area contributed by atoms with Crippen molar-refractivity contribution in [1.82, 2.24) is 4.57 Å². The number of nitrogen functional groups attached to an aromatic ring is 1. The highest BCUT2D eigenvalue weighted by molar-refractivity contribution is 6.30. The topological polar surface area (TPSA) is 77.1 Å². The normalized spacial score (nSPS) is 11.9. The number of halogens is 1. The van der Waals surface area contributed by atoms with Crippen LogP contribution in [0.3, 0.4) is 0 Å². The number of nitrogens with two attached hydrogens (primary N) is 1. The zero-order valence-electron chi connectivity index (χ0n) is 12.3. The van der Waals surface area contributed by atoms with Crippen molar-refractivity contribution in [2.24, 2.45) is 0 Å². The number of hydrogen-bond acceptors (Lipinski definition) is 3. The number of rotatable bonds is 5. The number of hydrogen-bond donors (Lipinski definition) is 2. The average Bonchev–Trinajstić information content (AvgIpc) is 2.47. The van der Waals surface area contributed by atoms with Crippen molar-refractivity contribution >= 4 is 28.9 Å². The van der Waals surface area contributed by atoms with Crippen LogP contribution in [0.5, 0.6) is 0 Å². The van der Waals surface area contributed by atoms with Crippen molar-refractivity contribution in [3.8, 4) is 0 Å². The summed E-state index contributed by atoms with van der Waals surface area (Å²) in [4.78, 5) is 24.5. The van der Waals surface area contributed by atoms with Gasteiger partial charge in [-0.1, -0.05) is 31.0 Å². The van der Waals surface area contributed by atoms with E-state index in [1.807, 2.05) is 6.92 Å². The van der Waals surface area contributed by atoms with Crippen LogP contribution in [-0.4, -0.2) is 10.5 Å². The maximum absolute atomic E-state index is 12.5. The smallest absolute Gasteiger partial charge is 0.251 e. The lowest BCUT2D eigenvalue weighted by atomic mass is 10.1. The number of anilines is 2. The highest BCUT2D eigenvalue weighted by Gasteiger charge is 2.21. The lowest BCUT2D eigenvalue weighted by molar-refractivity contribution is -0.119. The molecule has 0 radical (unpaired) electrons. The Labute approximate surface area is 133 Å². The van der Waals surface area contributed by atoms with Crippen molar-refractivity contribution in [3.05, 3.63) is 58.0 Å². The molecule has 1 unspecified atom stereocenters. The van der Waals surface area contributed by atoms with Crippen molar-refractivity contribution in [3.63, 3.8) is 0 Å². The molecule has 116 valence electrons. The number of amides is 1. The minimum Gasteiger partial charge on any atom is -0.399 e. The van der Waals surface area contributed by atoms with Crippen LogP contribution in [0.2, 0.25) is 5.02 Å². The molecule has 0 aliphatic carbocycles. The Morgan fingerprint density at radius 2 is 2.14 bits per heavy atom. The van der Waals surface area contributed by atoms with Gasteiger partial charge in [0.15, 0.2) is 0 Å². The molecule has 1 atom stereocenters. The van der Waals surface area contributed by atoms with E-state index >= 15 is 0 Å². The van der Waals surface area contributed by atoms with Gasteiger partial charge in [-0.2, -0.15) is 0 Å². The minimum atomic E-state index is -0.613. The highest BCUT2D eigenvalue weighted by Crippen LogP contribution is 2.18. The van der Waals surface area contributed by atoms with Gasteiger partial charge in [-0.3, -0.25) is 9.59 Å². The van der Waals surface area contributed by atoms with Gasteiger partial charge in [0, 0.05) is 23.6 Å². The first-order valence-electron chi connectivity index (χ1n) is 7.05. The highest BCUT2D eigenvalue weighted by atomic mass is 35.5. The quantitative estimate of drug-likeness (QED) is 0.831. The second kappa shape index (κ2) is 7.13. The van der Waals surface area contributed by atoms with E-state index in [1.54, 1.807) is 24.3 Å². The van der Waals surface area contributed by atoms with Crippen molar-refractivity contribution < 1.29 is 4.79 Å². The zero-order valence-corrected chi connectivity index (χ0v) is 13.0. The first-order chi connectivity index (χ1) is 10.5. The van der Waals surface area contributed by atoms with Crippen LogP contribution in [0.4, 0.5) is 11.4 Å². The van der Waals surface area contributed by atoms with Crippen LogP contribution in [0.25, 0.3) is 0 Å². The summed E-state index contributed by atoms with van der Waals surface area (Å²) in [6.45, 7) is 1.95. The van der Waals surface area contributed by atoms with Crippen LogP contribution in [-0.2, 0) is 4.79 Å². The third kappa shape index (κ3) is 3.89. The molecule has 1 aromatic heterocycles. The van der Waals surface area contributed by atoms with Crippen molar-refractivity contribution in [2.75, 3.05) is 11.1 Å². The summed E-state index contributed by atoms with van der Waals surface area (Å²) in [5, 5.41) is 3.21. The van der Waals surface area contributed by atoms with Gasteiger partial charge in [-0.25, -0.2) is 0 Å². The van der Waals surface area contributed by atoms with Gasteiger partial charge in [0.25, 0.3) is 5.56 Å². The number of nitrogens with zero attached hydrogens (tertiary/aromatic N) is 1. The number of carbonyl (C=O) groups excluding carboxylic acids is 1. The van der Waals surface area contributed by atoms with Crippen LogP contribution in [0, 0.1) is 0 Å². The molecular formula is C16H18ClN3O2. The van der Waals surface area contributed by atoms with Gasteiger partial charge in [-0.15, -0.1) is 0 Å². The molecule has 0 saturated heterocycles. The summed E-state index contributed by atoms with van der Waals surface area (Å²) in [6, 6.07) is 9.17. The summed E-state index contributed by atoms with van der Waals surface area (Å²) < 4.78 is 1.37. The Kier molecular flexibility index (Phi) is 5.22. The van der Waals surface area contributed by atoms with Gasteiger partial charge in [0.05, 0.1) is 5.02 Å². The van der Waals surface area contributed by atoms with Crippen LogP contribution < -0.4 is 16.6 Å². The van der Waals surface area contributed by atoms with E-state index in [9.17, 15) is 9.59 Å². The van der Waals surface area contributed by atoms with Gasteiger partial charge >= 0.3 is 0 Å². The first kappa shape index (κ1) is 16.1. The monoisotopic (exact) mass is 319 g/mol. The van der Waals surface area contributed by atoms with Gasteiger partial charge in [-0.05, 0) is 30.7 Å². The first-order valence-corrected chi connectivity index (χ1v) is 7.43. The van der Waals surface area contributed by atoms with E-state index in [4.69, 9.17) is 17.3 Å². The van der Waals surface area contributed by atoms with Gasteiger partial charge in [0.2, 0.25) is 5.91 Å². The molecule has 5 nitrogen and oxygen atoms in total. The average molecular weight is 320 g/mol. The number of carbonyl (C=O) groups is 1. The summed E-state index contributed by atoms with van der Waals surface area (Å²) in [7, 11) is 0. The third-order valence-corrected chi connectivity index (χ3v) is 3.48. The number of benzene rings is 1. The summed E-state index contributed by atoms with van der Waals surface area (Å²) in [5.74, 6) is -0.267. The molecule has 1 aromatic carbocycles. The number of nitrogens with one attached hydrogen (secondary N) is 1. The standard InChI is InChI=1S/C16H18ClN3O2/c1-2-4-14(20-10-11(17)7-8-15(20)21)16(22)19-13-6-3-5-12(18)9-13/h3,5-10,14H,2,4,18H2,1H3,(H,19,22). The molecule has 2 rings (SSSR count). The lowest BCUT2D eigenvalue weighted by Gasteiger charge is -2.19. The van der Waals surface area contributed by atoms with E-state index in [1.165, 1.54) is 22.9 Å².